The highest BCUT2D eigenvalue weighted by molar-refractivity contribution is 6.07. The van der Waals surface area contributed by atoms with Crippen LogP contribution < -0.4 is 21.3 Å². The van der Waals surface area contributed by atoms with Gasteiger partial charge < -0.3 is 26.0 Å². The first-order valence-electron chi connectivity index (χ1n) is 12.5. The second-order valence-corrected chi connectivity index (χ2v) is 9.46. The van der Waals surface area contributed by atoms with Crippen LogP contribution in [-0.2, 0) is 4.79 Å². The van der Waals surface area contributed by atoms with Gasteiger partial charge in [0.15, 0.2) is 0 Å². The quantitative estimate of drug-likeness (QED) is 0.175. The van der Waals surface area contributed by atoms with Gasteiger partial charge in [-0.15, -0.1) is 0 Å². The summed E-state index contributed by atoms with van der Waals surface area (Å²) in [6.07, 6.45) is 9.22. The third kappa shape index (κ3) is 6.10. The predicted molar refractivity (Wildman–Crippen MR) is 138 cm³/mol. The van der Waals surface area contributed by atoms with Crippen molar-refractivity contribution in [3.8, 4) is 0 Å². The van der Waals surface area contributed by atoms with E-state index in [0.717, 1.165) is 11.1 Å². The third-order valence-corrected chi connectivity index (χ3v) is 7.07. The Morgan fingerprint density at radius 1 is 1.32 bits per heavy atom. The molecule has 3 aliphatic rings. The summed E-state index contributed by atoms with van der Waals surface area (Å²) in [5, 5.41) is 27.8. The van der Waals surface area contributed by atoms with E-state index in [-0.39, 0.29) is 23.9 Å². The zero-order chi connectivity index (χ0) is 27.4. The Hall–Kier alpha value is -3.47. The second kappa shape index (κ2) is 11.3. The van der Waals surface area contributed by atoms with Crippen molar-refractivity contribution in [3.05, 3.63) is 58.6 Å². The van der Waals surface area contributed by atoms with Gasteiger partial charge in [0.1, 0.15) is 18.3 Å². The van der Waals surface area contributed by atoms with Gasteiger partial charge >= 0.3 is 6.03 Å². The van der Waals surface area contributed by atoms with Crippen LogP contribution in [0, 0.1) is 5.41 Å². The number of hydrogen-bond acceptors (Lipinski definition) is 6. The van der Waals surface area contributed by atoms with Gasteiger partial charge in [-0.05, 0) is 50.0 Å². The van der Waals surface area contributed by atoms with Gasteiger partial charge in [0.05, 0.1) is 17.2 Å². The minimum atomic E-state index is -2.90. The molecular weight excluding hydrogens is 482 g/mol. The molecule has 3 rings (SSSR count). The van der Waals surface area contributed by atoms with E-state index < -0.39 is 30.0 Å². The SMILES string of the molecule is CCC1=CC(C(=O)NC(=N)CO)=CNC1(C)C1=CCN(C(=O)NC2=CC=C(C(F)(F)CC)C(C)N2)CC1. The van der Waals surface area contributed by atoms with Crippen molar-refractivity contribution >= 4 is 17.8 Å². The highest BCUT2D eigenvalue weighted by Crippen LogP contribution is 2.35. The Morgan fingerprint density at radius 2 is 2.05 bits per heavy atom. The first-order chi connectivity index (χ1) is 17.4. The van der Waals surface area contributed by atoms with Crippen molar-refractivity contribution in [1.82, 2.24) is 26.2 Å². The van der Waals surface area contributed by atoms with Gasteiger partial charge in [-0.25, -0.2) is 13.6 Å². The number of aliphatic hydroxyl groups excluding tert-OH is 1. The molecule has 3 heterocycles. The van der Waals surface area contributed by atoms with Gasteiger partial charge in [-0.3, -0.25) is 15.5 Å². The van der Waals surface area contributed by atoms with Crippen LogP contribution in [0.5, 0.6) is 0 Å². The molecule has 37 heavy (non-hydrogen) atoms. The zero-order valence-corrected chi connectivity index (χ0v) is 21.7. The minimum absolute atomic E-state index is 0.00657. The fourth-order valence-electron chi connectivity index (χ4n) is 4.72. The van der Waals surface area contributed by atoms with Crippen molar-refractivity contribution < 1.29 is 23.5 Å². The molecule has 3 aliphatic heterocycles. The van der Waals surface area contributed by atoms with E-state index in [1.165, 1.54) is 19.1 Å². The van der Waals surface area contributed by atoms with Gasteiger partial charge in [0.25, 0.3) is 11.8 Å². The third-order valence-electron chi connectivity index (χ3n) is 7.07. The molecule has 0 aromatic carbocycles. The van der Waals surface area contributed by atoms with Crippen LogP contribution in [0.1, 0.15) is 47.0 Å². The number of nitrogens with one attached hydrogen (secondary N) is 5. The smallest absolute Gasteiger partial charge is 0.323 e. The summed E-state index contributed by atoms with van der Waals surface area (Å²) in [4.78, 5) is 26.9. The number of dihydropyridines is 2. The largest absolute Gasteiger partial charge is 0.388 e. The number of nitrogens with zero attached hydrogens (tertiary/aromatic N) is 1. The van der Waals surface area contributed by atoms with Crippen LogP contribution in [-0.4, -0.2) is 65.0 Å². The lowest BCUT2D eigenvalue weighted by Crippen LogP contribution is -2.51. The maximum absolute atomic E-state index is 14.1. The Balaban J connectivity index is 1.65. The predicted octanol–water partition coefficient (Wildman–Crippen LogP) is 2.80. The molecule has 0 bridgehead atoms. The van der Waals surface area contributed by atoms with Crippen molar-refractivity contribution in [1.29, 1.82) is 5.41 Å². The lowest BCUT2D eigenvalue weighted by atomic mass is 9.77. The number of alkyl halides is 2. The number of amidine groups is 1. The normalized spacial score (nSPS) is 23.8. The van der Waals surface area contributed by atoms with E-state index in [9.17, 15) is 18.4 Å². The molecule has 0 radical (unpaired) electrons. The van der Waals surface area contributed by atoms with Gasteiger partial charge in [-0.2, -0.15) is 0 Å². The number of hydrogen-bond donors (Lipinski definition) is 6. The van der Waals surface area contributed by atoms with Crippen molar-refractivity contribution in [2.24, 2.45) is 0 Å². The number of allylic oxidation sites excluding steroid dienone is 2. The number of amides is 3. The molecule has 3 amide bonds. The number of carbonyl (C=O) groups is 2. The maximum Gasteiger partial charge on any atom is 0.323 e. The number of aliphatic hydroxyl groups is 1. The molecule has 9 nitrogen and oxygen atoms in total. The maximum atomic E-state index is 14.1. The van der Waals surface area contributed by atoms with E-state index in [1.807, 2.05) is 19.9 Å². The van der Waals surface area contributed by atoms with Crippen LogP contribution in [0.4, 0.5) is 13.6 Å². The molecule has 2 unspecified atom stereocenters. The number of rotatable bonds is 7. The lowest BCUT2D eigenvalue weighted by molar-refractivity contribution is -0.116. The Bertz CT molecular complexity index is 1110. The first-order valence-corrected chi connectivity index (χ1v) is 12.5. The highest BCUT2D eigenvalue weighted by Gasteiger charge is 2.38. The molecule has 202 valence electrons. The highest BCUT2D eigenvalue weighted by atomic mass is 19.3. The van der Waals surface area contributed by atoms with Crippen LogP contribution in [0.3, 0.4) is 0 Å². The van der Waals surface area contributed by atoms with E-state index in [1.54, 1.807) is 24.1 Å². The van der Waals surface area contributed by atoms with Crippen LogP contribution in [0.25, 0.3) is 0 Å². The molecule has 6 N–H and O–H groups in total. The van der Waals surface area contributed by atoms with Crippen LogP contribution in [0.2, 0.25) is 0 Å². The summed E-state index contributed by atoms with van der Waals surface area (Å²) in [6, 6.07) is -0.924. The monoisotopic (exact) mass is 518 g/mol. The van der Waals surface area contributed by atoms with Gasteiger partial charge in [0.2, 0.25) is 0 Å². The summed E-state index contributed by atoms with van der Waals surface area (Å²) in [5.74, 6) is -3.27. The number of halogens is 2. The second-order valence-electron chi connectivity index (χ2n) is 9.46. The summed E-state index contributed by atoms with van der Waals surface area (Å²) >= 11 is 0. The summed E-state index contributed by atoms with van der Waals surface area (Å²) in [5.41, 5.74) is 1.90. The molecule has 2 atom stereocenters. The van der Waals surface area contributed by atoms with E-state index >= 15 is 0 Å². The Labute approximate surface area is 215 Å². The molecule has 0 aromatic heterocycles. The minimum Gasteiger partial charge on any atom is -0.388 e. The number of carbonyl (C=O) groups excluding carboxylic acids is 2. The Morgan fingerprint density at radius 3 is 2.62 bits per heavy atom. The first kappa shape index (κ1) is 28.1. The van der Waals surface area contributed by atoms with Crippen LogP contribution in [0.15, 0.2) is 58.6 Å². The van der Waals surface area contributed by atoms with Crippen LogP contribution >= 0.6 is 0 Å². The fraction of sp³-hybridized carbons (Fsp3) is 0.500. The van der Waals surface area contributed by atoms with Crippen molar-refractivity contribution in [2.75, 3.05) is 19.7 Å². The van der Waals surface area contributed by atoms with Gasteiger partial charge in [-0.1, -0.05) is 26.0 Å². The van der Waals surface area contributed by atoms with Crippen molar-refractivity contribution in [2.45, 2.75) is 64.5 Å². The summed E-state index contributed by atoms with van der Waals surface area (Å²) in [7, 11) is 0. The van der Waals surface area contributed by atoms with E-state index in [0.29, 0.717) is 37.3 Å². The van der Waals surface area contributed by atoms with Gasteiger partial charge in [0, 0.05) is 31.3 Å². The topological polar surface area (TPSA) is 130 Å². The molecule has 0 saturated carbocycles. The molecule has 0 spiro atoms. The Kier molecular flexibility index (Phi) is 8.57. The van der Waals surface area contributed by atoms with Crippen molar-refractivity contribution in [3.63, 3.8) is 0 Å². The summed E-state index contributed by atoms with van der Waals surface area (Å²) in [6.45, 7) is 7.39. The molecule has 0 fully saturated rings. The molecule has 11 heteroatoms. The summed E-state index contributed by atoms with van der Waals surface area (Å²) < 4.78 is 28.2. The fourth-order valence-corrected chi connectivity index (χ4v) is 4.72. The standard InChI is InChI=1S/C26H36F2N6O3/c1-5-18-13-17(23(36)32-21(29)15-35)14-30-25(18,4)19-9-11-34(12-10-19)24(37)33-22-8-7-20(16(3)31-22)26(27,28)6-2/h7-9,13-14,16,30-31,35H,5-6,10-12,15H2,1-4H3,(H,33,37)(H2,29,32,36). The zero-order valence-electron chi connectivity index (χ0n) is 21.7. The lowest BCUT2D eigenvalue weighted by Gasteiger charge is -2.41. The molecule has 0 aromatic rings. The van der Waals surface area contributed by atoms with E-state index in [2.05, 4.69) is 21.3 Å². The molecule has 0 aliphatic carbocycles. The average molecular weight is 519 g/mol. The molecule has 0 saturated heterocycles. The molecular formula is C26H36F2N6O3. The average Bonchev–Trinajstić information content (AvgIpc) is 2.88. The number of urea groups is 1. The van der Waals surface area contributed by atoms with E-state index in [4.69, 9.17) is 10.5 Å².